The van der Waals surface area contributed by atoms with Gasteiger partial charge in [-0.05, 0) is 54.7 Å². The Morgan fingerprint density at radius 1 is 1.20 bits per heavy atom. The molecular formula is C26H26ClFN4O3. The van der Waals surface area contributed by atoms with Gasteiger partial charge in [0.05, 0.1) is 11.1 Å². The molecule has 1 saturated heterocycles. The van der Waals surface area contributed by atoms with Crippen LogP contribution in [0.2, 0.25) is 5.02 Å². The zero-order valence-corrected chi connectivity index (χ0v) is 19.8. The Balaban J connectivity index is 1.37. The number of nitrogens with zero attached hydrogens (tertiary/aromatic N) is 2. The molecule has 2 fully saturated rings. The van der Waals surface area contributed by atoms with E-state index < -0.39 is 17.9 Å². The predicted molar refractivity (Wildman–Crippen MR) is 130 cm³/mol. The Morgan fingerprint density at radius 3 is 2.77 bits per heavy atom. The number of fused-ring (bicyclic) bond motifs is 4. The lowest BCUT2D eigenvalue weighted by atomic mass is 9.89. The van der Waals surface area contributed by atoms with Crippen LogP contribution >= 0.6 is 11.6 Å². The number of aromatic amines is 1. The fraction of sp³-hybridized carbons (Fsp3) is 0.385. The van der Waals surface area contributed by atoms with Crippen LogP contribution in [0.25, 0.3) is 10.9 Å². The summed E-state index contributed by atoms with van der Waals surface area (Å²) in [5, 5.41) is 14.2. The number of hydrogen-bond acceptors (Lipinski definition) is 4. The van der Waals surface area contributed by atoms with Gasteiger partial charge in [-0.15, -0.1) is 0 Å². The lowest BCUT2D eigenvalue weighted by molar-refractivity contribution is -0.128. The standard InChI is InChI=1S/C26H26ClFN4O3/c27-19-11-17-18-12-23-25(34)31(8-7-29-15-4-2-5-15)26(35)32(23)22(10-14-3-1-6-16(33)9-14)24(18)30-21(17)13-20(19)28/h1,3,6,9,11,13,15,22-23,29-30,33H,2,4-5,7-8,10,12H2/t22?,23-/m0/s1. The molecule has 1 saturated carbocycles. The van der Waals surface area contributed by atoms with E-state index in [0.717, 1.165) is 35.0 Å². The molecule has 0 spiro atoms. The molecule has 1 aliphatic carbocycles. The zero-order valence-electron chi connectivity index (χ0n) is 19.1. The number of halogens is 2. The van der Waals surface area contributed by atoms with Gasteiger partial charge in [-0.25, -0.2) is 9.18 Å². The highest BCUT2D eigenvalue weighted by Gasteiger charge is 2.51. The average Bonchev–Trinajstić information content (AvgIpc) is 3.25. The highest BCUT2D eigenvalue weighted by Crippen LogP contribution is 2.43. The van der Waals surface area contributed by atoms with Crippen molar-refractivity contribution in [2.45, 2.75) is 50.2 Å². The maximum absolute atomic E-state index is 14.2. The molecule has 3 N–H and O–H groups in total. The summed E-state index contributed by atoms with van der Waals surface area (Å²) in [6.07, 6.45) is 4.21. The Kier molecular flexibility index (Phi) is 5.45. The van der Waals surface area contributed by atoms with Crippen LogP contribution < -0.4 is 5.32 Å². The van der Waals surface area contributed by atoms with E-state index in [1.54, 1.807) is 29.2 Å². The number of urea groups is 1. The van der Waals surface area contributed by atoms with Gasteiger partial charge in [0.2, 0.25) is 0 Å². The summed E-state index contributed by atoms with van der Waals surface area (Å²) >= 11 is 6.09. The molecule has 1 aromatic heterocycles. The predicted octanol–water partition coefficient (Wildman–Crippen LogP) is 4.28. The molecule has 3 heterocycles. The first-order chi connectivity index (χ1) is 16.9. The second kappa shape index (κ2) is 8.53. The van der Waals surface area contributed by atoms with Gasteiger partial charge < -0.3 is 20.3 Å². The van der Waals surface area contributed by atoms with E-state index in [9.17, 15) is 19.1 Å². The van der Waals surface area contributed by atoms with Crippen LogP contribution in [0, 0.1) is 5.82 Å². The summed E-state index contributed by atoms with van der Waals surface area (Å²) in [6, 6.07) is 8.88. The number of phenolic OH excluding ortho intramolecular Hbond substituents is 1. The third kappa shape index (κ3) is 3.76. The summed E-state index contributed by atoms with van der Waals surface area (Å²) in [5.41, 5.74) is 3.07. The SMILES string of the molecule is O=C1[C@@H]2Cc3c([nH]c4cc(F)c(Cl)cc34)C(Cc3cccc(O)c3)N2C(=O)N1CCNC1CCC1. The second-order valence-corrected chi connectivity index (χ2v) is 10.1. The molecule has 0 bridgehead atoms. The van der Waals surface area contributed by atoms with Gasteiger partial charge in [0, 0.05) is 42.1 Å². The molecule has 3 aromatic rings. The number of aromatic nitrogens is 1. The first-order valence-corrected chi connectivity index (χ1v) is 12.4. The minimum absolute atomic E-state index is 0.0174. The second-order valence-electron chi connectivity index (χ2n) is 9.70. The zero-order chi connectivity index (χ0) is 24.3. The van der Waals surface area contributed by atoms with Gasteiger partial charge >= 0.3 is 6.03 Å². The third-order valence-corrected chi connectivity index (χ3v) is 7.89. The maximum atomic E-state index is 14.2. The summed E-state index contributed by atoms with van der Waals surface area (Å²) in [4.78, 5) is 33.3. The van der Waals surface area contributed by atoms with Crippen molar-refractivity contribution in [3.05, 3.63) is 64.1 Å². The fourth-order valence-corrected chi connectivity index (χ4v) is 5.77. The molecule has 1 unspecified atom stereocenters. The largest absolute Gasteiger partial charge is 0.508 e. The van der Waals surface area contributed by atoms with Crippen LogP contribution in [-0.4, -0.2) is 57.0 Å². The number of imide groups is 1. The van der Waals surface area contributed by atoms with Crippen LogP contribution in [-0.2, 0) is 17.6 Å². The van der Waals surface area contributed by atoms with Crippen molar-refractivity contribution in [1.29, 1.82) is 0 Å². The van der Waals surface area contributed by atoms with Crippen molar-refractivity contribution >= 4 is 34.4 Å². The van der Waals surface area contributed by atoms with Crippen molar-refractivity contribution in [2.75, 3.05) is 13.1 Å². The highest BCUT2D eigenvalue weighted by molar-refractivity contribution is 6.31. The quantitative estimate of drug-likeness (QED) is 0.444. The van der Waals surface area contributed by atoms with Crippen LogP contribution in [0.1, 0.15) is 42.1 Å². The Labute approximate surface area is 206 Å². The number of hydrogen-bond donors (Lipinski definition) is 3. The van der Waals surface area contributed by atoms with Crippen LogP contribution in [0.15, 0.2) is 36.4 Å². The Morgan fingerprint density at radius 2 is 2.03 bits per heavy atom. The number of aromatic hydroxyl groups is 1. The van der Waals surface area contributed by atoms with Gasteiger partial charge in [-0.1, -0.05) is 30.2 Å². The fourth-order valence-electron chi connectivity index (χ4n) is 5.61. The van der Waals surface area contributed by atoms with Crippen molar-refractivity contribution < 1.29 is 19.1 Å². The molecule has 3 aliphatic rings. The maximum Gasteiger partial charge on any atom is 0.328 e. The van der Waals surface area contributed by atoms with Crippen molar-refractivity contribution in [3.63, 3.8) is 0 Å². The van der Waals surface area contributed by atoms with E-state index in [1.807, 2.05) is 6.07 Å². The monoisotopic (exact) mass is 496 g/mol. The van der Waals surface area contributed by atoms with Crippen molar-refractivity contribution in [2.24, 2.45) is 0 Å². The highest BCUT2D eigenvalue weighted by atomic mass is 35.5. The lowest BCUT2D eigenvalue weighted by Crippen LogP contribution is -2.44. The summed E-state index contributed by atoms with van der Waals surface area (Å²) in [6.45, 7) is 0.898. The molecule has 0 radical (unpaired) electrons. The number of phenols is 1. The Bertz CT molecular complexity index is 1340. The molecule has 35 heavy (non-hydrogen) atoms. The van der Waals surface area contributed by atoms with Crippen LogP contribution in [0.5, 0.6) is 5.75 Å². The lowest BCUT2D eigenvalue weighted by Gasteiger charge is -2.36. The molecule has 7 nitrogen and oxygen atoms in total. The van der Waals surface area contributed by atoms with Gasteiger partial charge in [-0.3, -0.25) is 9.69 Å². The van der Waals surface area contributed by atoms with Crippen molar-refractivity contribution in [3.8, 4) is 5.75 Å². The van der Waals surface area contributed by atoms with Crippen LogP contribution in [0.3, 0.4) is 0 Å². The van der Waals surface area contributed by atoms with E-state index in [1.165, 1.54) is 17.4 Å². The number of benzene rings is 2. The smallest absolute Gasteiger partial charge is 0.328 e. The van der Waals surface area contributed by atoms with E-state index in [-0.39, 0.29) is 22.7 Å². The first-order valence-electron chi connectivity index (χ1n) is 12.0. The first kappa shape index (κ1) is 22.4. The molecule has 6 rings (SSSR count). The molecule has 9 heteroatoms. The topological polar surface area (TPSA) is 88.7 Å². The van der Waals surface area contributed by atoms with Crippen molar-refractivity contribution in [1.82, 2.24) is 20.1 Å². The van der Waals surface area contributed by atoms with Crippen LogP contribution in [0.4, 0.5) is 9.18 Å². The van der Waals surface area contributed by atoms with Gasteiger partial charge in [0.25, 0.3) is 5.91 Å². The summed E-state index contributed by atoms with van der Waals surface area (Å²) in [7, 11) is 0. The molecule has 2 aromatic carbocycles. The molecule has 182 valence electrons. The normalized spacial score (nSPS) is 22.0. The van der Waals surface area contributed by atoms with E-state index in [0.29, 0.717) is 37.5 Å². The third-order valence-electron chi connectivity index (χ3n) is 7.60. The van der Waals surface area contributed by atoms with E-state index in [2.05, 4.69) is 10.3 Å². The summed E-state index contributed by atoms with van der Waals surface area (Å²) in [5.74, 6) is -0.604. The molecule has 2 aliphatic heterocycles. The molecular weight excluding hydrogens is 471 g/mol. The number of carbonyl (C=O) groups is 2. The van der Waals surface area contributed by atoms with Gasteiger partial charge in [-0.2, -0.15) is 0 Å². The number of amides is 3. The number of rotatable bonds is 6. The van der Waals surface area contributed by atoms with E-state index >= 15 is 0 Å². The van der Waals surface area contributed by atoms with Gasteiger partial charge in [0.15, 0.2) is 0 Å². The number of nitrogens with one attached hydrogen (secondary N) is 2. The van der Waals surface area contributed by atoms with E-state index in [4.69, 9.17) is 11.6 Å². The molecule has 2 atom stereocenters. The minimum atomic E-state index is -0.635. The average molecular weight is 497 g/mol. The minimum Gasteiger partial charge on any atom is -0.508 e. The molecule has 3 amide bonds. The number of H-pyrrole nitrogens is 1. The van der Waals surface area contributed by atoms with Gasteiger partial charge in [0.1, 0.15) is 17.6 Å². The summed E-state index contributed by atoms with van der Waals surface area (Å²) < 4.78 is 14.2. The Hall–Kier alpha value is -3.10. The number of carbonyl (C=O) groups excluding carboxylic acids is 2.